The number of rotatable bonds is 5. The van der Waals surface area contributed by atoms with Crippen LogP contribution in [0, 0.1) is 5.82 Å². The largest absolute Gasteiger partial charge is 0.454 e. The fraction of sp³-hybridized carbons (Fsp3) is 0.176. The normalized spacial score (nSPS) is 12.8. The number of carbonyl (C=O) groups excluding carboxylic acids is 1. The molecule has 0 bridgehead atoms. The third-order valence-corrected chi connectivity index (χ3v) is 3.89. The van der Waals surface area contributed by atoms with Crippen molar-refractivity contribution in [1.82, 2.24) is 0 Å². The highest BCUT2D eigenvalue weighted by atomic mass is 79.9. The maximum absolute atomic E-state index is 13.7. The molecule has 0 aromatic heterocycles. The fourth-order valence-corrected chi connectivity index (χ4v) is 2.47. The Balaban J connectivity index is 1.56. The summed E-state index contributed by atoms with van der Waals surface area (Å²) in [6.45, 7) is 1.60. The Kier molecular flexibility index (Phi) is 5.18. The number of amides is 1. The molecule has 8 heteroatoms. The van der Waals surface area contributed by atoms with Crippen LogP contribution in [0.3, 0.4) is 0 Å². The summed E-state index contributed by atoms with van der Waals surface area (Å²) in [5.41, 5.74) is 1.43. The van der Waals surface area contributed by atoms with Crippen molar-refractivity contribution in [3.63, 3.8) is 0 Å². The number of anilines is 1. The van der Waals surface area contributed by atoms with Gasteiger partial charge < -0.3 is 19.6 Å². The molecular weight excluding hydrogens is 395 g/mol. The van der Waals surface area contributed by atoms with E-state index in [1.54, 1.807) is 25.1 Å². The number of oxime groups is 1. The minimum Gasteiger partial charge on any atom is -0.454 e. The molecule has 0 unspecified atom stereocenters. The van der Waals surface area contributed by atoms with Crippen LogP contribution >= 0.6 is 15.9 Å². The van der Waals surface area contributed by atoms with Crippen molar-refractivity contribution < 1.29 is 23.5 Å². The summed E-state index contributed by atoms with van der Waals surface area (Å²) in [5.74, 6) is 0.259. The highest BCUT2D eigenvalue weighted by Crippen LogP contribution is 2.32. The number of nitrogens with one attached hydrogen (secondary N) is 1. The van der Waals surface area contributed by atoms with E-state index in [0.29, 0.717) is 21.7 Å². The van der Waals surface area contributed by atoms with E-state index in [9.17, 15) is 9.18 Å². The summed E-state index contributed by atoms with van der Waals surface area (Å²) in [6.07, 6.45) is 0. The molecule has 0 spiro atoms. The monoisotopic (exact) mass is 408 g/mol. The van der Waals surface area contributed by atoms with Crippen LogP contribution in [0.1, 0.15) is 12.5 Å². The van der Waals surface area contributed by atoms with Crippen LogP contribution in [0.5, 0.6) is 11.5 Å². The lowest BCUT2D eigenvalue weighted by molar-refractivity contribution is -0.120. The average molecular weight is 409 g/mol. The Hall–Kier alpha value is -2.61. The van der Waals surface area contributed by atoms with E-state index < -0.39 is 11.7 Å². The maximum atomic E-state index is 13.7. The van der Waals surface area contributed by atoms with Crippen LogP contribution in [0.25, 0.3) is 0 Å². The van der Waals surface area contributed by atoms with Crippen molar-refractivity contribution >= 4 is 33.2 Å². The van der Waals surface area contributed by atoms with Crippen molar-refractivity contribution in [3.05, 3.63) is 52.3 Å². The summed E-state index contributed by atoms with van der Waals surface area (Å²) in [5, 5.41) is 6.32. The number of halogens is 2. The molecule has 0 fully saturated rings. The van der Waals surface area contributed by atoms with Gasteiger partial charge in [-0.3, -0.25) is 4.79 Å². The summed E-state index contributed by atoms with van der Waals surface area (Å²) in [6, 6.07) is 9.72. The summed E-state index contributed by atoms with van der Waals surface area (Å²) >= 11 is 3.15. The van der Waals surface area contributed by atoms with Gasteiger partial charge in [0.1, 0.15) is 5.82 Å². The van der Waals surface area contributed by atoms with Crippen molar-refractivity contribution in [2.45, 2.75) is 6.92 Å². The fourth-order valence-electron chi connectivity index (χ4n) is 2.14. The molecule has 0 aliphatic carbocycles. The van der Waals surface area contributed by atoms with E-state index in [1.165, 1.54) is 12.1 Å². The molecule has 2 aromatic carbocycles. The lowest BCUT2D eigenvalue weighted by atomic mass is 10.1. The standard InChI is InChI=1S/C17H14BrFN2O4/c1-10(11-2-5-15-16(6-11)24-9-23-15)21-25-8-17(22)20-14-4-3-12(18)7-13(14)19/h2-7H,8-9H2,1H3,(H,20,22)/b21-10+. The first kappa shape index (κ1) is 17.2. The molecule has 0 radical (unpaired) electrons. The minimum atomic E-state index is -0.539. The van der Waals surface area contributed by atoms with E-state index in [0.717, 1.165) is 5.56 Å². The van der Waals surface area contributed by atoms with Gasteiger partial charge in [0.05, 0.1) is 11.4 Å². The Labute approximate surface area is 151 Å². The Morgan fingerprint density at radius 2 is 2.08 bits per heavy atom. The first-order valence-electron chi connectivity index (χ1n) is 7.34. The van der Waals surface area contributed by atoms with Crippen molar-refractivity contribution in [2.24, 2.45) is 5.16 Å². The predicted molar refractivity (Wildman–Crippen MR) is 93.5 cm³/mol. The van der Waals surface area contributed by atoms with E-state index in [4.69, 9.17) is 14.3 Å². The van der Waals surface area contributed by atoms with Gasteiger partial charge in [0.25, 0.3) is 5.91 Å². The van der Waals surface area contributed by atoms with Gasteiger partial charge >= 0.3 is 0 Å². The molecule has 1 aliphatic heterocycles. The van der Waals surface area contributed by atoms with Gasteiger partial charge in [-0.05, 0) is 43.3 Å². The van der Waals surface area contributed by atoms with Crippen LogP contribution in [-0.4, -0.2) is 25.0 Å². The van der Waals surface area contributed by atoms with Crippen LogP contribution in [0.4, 0.5) is 10.1 Å². The van der Waals surface area contributed by atoms with Gasteiger partial charge in [-0.1, -0.05) is 21.1 Å². The lowest BCUT2D eigenvalue weighted by Gasteiger charge is -2.07. The Morgan fingerprint density at radius 3 is 2.88 bits per heavy atom. The van der Waals surface area contributed by atoms with Gasteiger partial charge in [0.15, 0.2) is 18.1 Å². The number of ether oxygens (including phenoxy) is 2. The third kappa shape index (κ3) is 4.27. The molecule has 3 rings (SSSR count). The smallest absolute Gasteiger partial charge is 0.265 e. The number of nitrogens with zero attached hydrogens (tertiary/aromatic N) is 1. The number of fused-ring (bicyclic) bond motifs is 1. The highest BCUT2D eigenvalue weighted by Gasteiger charge is 2.14. The maximum Gasteiger partial charge on any atom is 0.265 e. The van der Waals surface area contributed by atoms with E-state index in [1.807, 2.05) is 6.07 Å². The SMILES string of the molecule is C/C(=N\OCC(=O)Nc1ccc(Br)cc1F)c1ccc2c(c1)OCO2. The molecule has 25 heavy (non-hydrogen) atoms. The van der Waals surface area contributed by atoms with Gasteiger partial charge in [-0.15, -0.1) is 0 Å². The van der Waals surface area contributed by atoms with E-state index >= 15 is 0 Å². The molecule has 130 valence electrons. The lowest BCUT2D eigenvalue weighted by Crippen LogP contribution is -2.18. The zero-order valence-corrected chi connectivity index (χ0v) is 14.8. The number of benzene rings is 2. The molecule has 2 aromatic rings. The molecule has 0 saturated heterocycles. The number of hydrogen-bond donors (Lipinski definition) is 1. The van der Waals surface area contributed by atoms with Crippen molar-refractivity contribution in [1.29, 1.82) is 0 Å². The summed E-state index contributed by atoms with van der Waals surface area (Å²) in [4.78, 5) is 16.8. The van der Waals surface area contributed by atoms with Crippen molar-refractivity contribution in [3.8, 4) is 11.5 Å². The molecule has 1 aliphatic rings. The quantitative estimate of drug-likeness (QED) is 0.604. The second-order valence-electron chi connectivity index (χ2n) is 5.19. The van der Waals surface area contributed by atoms with Crippen molar-refractivity contribution in [2.75, 3.05) is 18.7 Å². The Morgan fingerprint density at radius 1 is 1.28 bits per heavy atom. The average Bonchev–Trinajstić information content (AvgIpc) is 3.05. The third-order valence-electron chi connectivity index (χ3n) is 3.39. The number of carbonyl (C=O) groups is 1. The molecule has 0 atom stereocenters. The van der Waals surface area contributed by atoms with Crippen LogP contribution < -0.4 is 14.8 Å². The Bertz CT molecular complexity index is 841. The minimum absolute atomic E-state index is 0.0771. The first-order chi connectivity index (χ1) is 12.0. The molecule has 1 amide bonds. The molecule has 1 N–H and O–H groups in total. The molecular formula is C17H14BrFN2O4. The zero-order chi connectivity index (χ0) is 17.8. The predicted octanol–water partition coefficient (Wildman–Crippen LogP) is 3.70. The van der Waals surface area contributed by atoms with Gasteiger partial charge in [-0.2, -0.15) is 0 Å². The van der Waals surface area contributed by atoms with Crippen LogP contribution in [-0.2, 0) is 9.63 Å². The van der Waals surface area contributed by atoms with Gasteiger partial charge in [0.2, 0.25) is 6.79 Å². The number of hydrogen-bond acceptors (Lipinski definition) is 5. The summed E-state index contributed by atoms with van der Waals surface area (Å²) in [7, 11) is 0. The molecule has 1 heterocycles. The van der Waals surface area contributed by atoms with Gasteiger partial charge in [-0.25, -0.2) is 4.39 Å². The first-order valence-corrected chi connectivity index (χ1v) is 8.14. The van der Waals surface area contributed by atoms with E-state index in [2.05, 4.69) is 26.4 Å². The van der Waals surface area contributed by atoms with Crippen LogP contribution in [0.15, 0.2) is 46.0 Å². The molecule has 6 nitrogen and oxygen atoms in total. The van der Waals surface area contributed by atoms with Gasteiger partial charge in [0, 0.05) is 10.0 Å². The molecule has 0 saturated carbocycles. The second kappa shape index (κ2) is 7.52. The highest BCUT2D eigenvalue weighted by molar-refractivity contribution is 9.10. The second-order valence-corrected chi connectivity index (χ2v) is 6.11. The summed E-state index contributed by atoms with van der Waals surface area (Å²) < 4.78 is 24.8. The zero-order valence-electron chi connectivity index (χ0n) is 13.2. The van der Waals surface area contributed by atoms with Crippen LogP contribution in [0.2, 0.25) is 0 Å². The topological polar surface area (TPSA) is 69.2 Å². The van der Waals surface area contributed by atoms with E-state index in [-0.39, 0.29) is 19.1 Å².